The molecule has 0 atom stereocenters. The van der Waals surface area contributed by atoms with Crippen LogP contribution in [-0.4, -0.2) is 20.7 Å². The highest BCUT2D eigenvalue weighted by Crippen LogP contribution is 2.24. The molecule has 0 saturated carbocycles. The lowest BCUT2D eigenvalue weighted by Crippen LogP contribution is -2.26. The fourth-order valence-electron chi connectivity index (χ4n) is 2.52. The Morgan fingerprint density at radius 1 is 1.28 bits per heavy atom. The standard InChI is InChI=1S/C18H19ClN4OS/c1-3-14-15(19)16(23(4-2)22-14)17(24)20-10-13-11-25-18(21-13)12-8-6-5-7-9-12/h5-9,11H,3-4,10H2,1-2H3,(H,20,24). The molecule has 0 bridgehead atoms. The molecule has 3 rings (SSSR count). The van der Waals surface area contributed by atoms with Gasteiger partial charge in [0.05, 0.1) is 23.0 Å². The Hall–Kier alpha value is -2.18. The summed E-state index contributed by atoms with van der Waals surface area (Å²) in [4.78, 5) is 17.1. The van der Waals surface area contributed by atoms with Crippen LogP contribution < -0.4 is 5.32 Å². The Kier molecular flexibility index (Phi) is 5.50. The minimum Gasteiger partial charge on any atom is -0.345 e. The van der Waals surface area contributed by atoms with Crippen molar-refractivity contribution >= 4 is 28.8 Å². The molecular weight excluding hydrogens is 356 g/mol. The molecule has 0 aliphatic rings. The van der Waals surface area contributed by atoms with Crippen molar-refractivity contribution in [3.8, 4) is 10.6 Å². The zero-order valence-corrected chi connectivity index (χ0v) is 15.7. The summed E-state index contributed by atoms with van der Waals surface area (Å²) in [5.41, 5.74) is 3.06. The van der Waals surface area contributed by atoms with Gasteiger partial charge in [-0.1, -0.05) is 48.9 Å². The summed E-state index contributed by atoms with van der Waals surface area (Å²) in [6.07, 6.45) is 0.693. The number of hydrogen-bond acceptors (Lipinski definition) is 4. The number of rotatable bonds is 6. The normalized spacial score (nSPS) is 10.8. The predicted molar refractivity (Wildman–Crippen MR) is 101 cm³/mol. The topological polar surface area (TPSA) is 59.8 Å². The minimum absolute atomic E-state index is 0.228. The fraction of sp³-hybridized carbons (Fsp3) is 0.278. The molecule has 5 nitrogen and oxygen atoms in total. The average Bonchev–Trinajstić information content (AvgIpc) is 3.24. The summed E-state index contributed by atoms with van der Waals surface area (Å²) in [5, 5.41) is 10.6. The van der Waals surface area contributed by atoms with Gasteiger partial charge in [-0.05, 0) is 13.3 Å². The predicted octanol–water partition coefficient (Wildman–Crippen LogP) is 4.17. The van der Waals surface area contributed by atoms with E-state index in [4.69, 9.17) is 11.6 Å². The zero-order chi connectivity index (χ0) is 17.8. The second kappa shape index (κ2) is 7.80. The van der Waals surface area contributed by atoms with E-state index in [1.165, 1.54) is 0 Å². The second-order valence-corrected chi connectivity index (χ2v) is 6.71. The first-order valence-electron chi connectivity index (χ1n) is 8.17. The molecule has 25 heavy (non-hydrogen) atoms. The Balaban J connectivity index is 1.71. The Morgan fingerprint density at radius 2 is 2.04 bits per heavy atom. The van der Waals surface area contributed by atoms with Crippen molar-refractivity contribution in [2.45, 2.75) is 33.4 Å². The zero-order valence-electron chi connectivity index (χ0n) is 14.1. The van der Waals surface area contributed by atoms with Crippen molar-refractivity contribution < 1.29 is 4.79 Å². The number of thiazole rings is 1. The maximum absolute atomic E-state index is 12.5. The highest BCUT2D eigenvalue weighted by Gasteiger charge is 2.21. The molecule has 130 valence electrons. The maximum Gasteiger partial charge on any atom is 0.271 e. The van der Waals surface area contributed by atoms with E-state index >= 15 is 0 Å². The number of nitrogens with zero attached hydrogens (tertiary/aromatic N) is 3. The van der Waals surface area contributed by atoms with Gasteiger partial charge in [-0.25, -0.2) is 4.98 Å². The third kappa shape index (κ3) is 3.75. The molecular formula is C18H19ClN4OS. The Bertz CT molecular complexity index is 873. The maximum atomic E-state index is 12.5. The van der Waals surface area contributed by atoms with Crippen LogP contribution in [-0.2, 0) is 19.5 Å². The molecule has 0 radical (unpaired) electrons. The molecule has 0 fully saturated rings. The molecule has 0 aliphatic heterocycles. The van der Waals surface area contributed by atoms with Gasteiger partial charge >= 0.3 is 0 Å². The minimum atomic E-state index is -0.228. The van der Waals surface area contributed by atoms with Crippen molar-refractivity contribution in [3.63, 3.8) is 0 Å². The quantitative estimate of drug-likeness (QED) is 0.704. The average molecular weight is 375 g/mol. The van der Waals surface area contributed by atoms with E-state index in [2.05, 4.69) is 15.4 Å². The smallest absolute Gasteiger partial charge is 0.271 e. The van der Waals surface area contributed by atoms with Gasteiger partial charge in [0.25, 0.3) is 5.91 Å². The van der Waals surface area contributed by atoms with Crippen molar-refractivity contribution in [2.24, 2.45) is 0 Å². The molecule has 0 unspecified atom stereocenters. The van der Waals surface area contributed by atoms with Crippen LogP contribution in [0.5, 0.6) is 0 Å². The number of nitrogens with one attached hydrogen (secondary N) is 1. The molecule has 3 aromatic rings. The third-order valence-corrected chi connectivity index (χ3v) is 5.15. The summed E-state index contributed by atoms with van der Waals surface area (Å²) in [6.45, 7) is 4.86. The van der Waals surface area contributed by atoms with Crippen molar-refractivity contribution in [1.82, 2.24) is 20.1 Å². The molecule has 2 aromatic heterocycles. The van der Waals surface area contributed by atoms with Crippen LogP contribution in [0.25, 0.3) is 10.6 Å². The Labute approximate surface area is 155 Å². The van der Waals surface area contributed by atoms with Gasteiger partial charge in [0.1, 0.15) is 10.7 Å². The molecule has 2 heterocycles. The molecule has 1 N–H and O–H groups in total. The summed E-state index contributed by atoms with van der Waals surface area (Å²) in [5.74, 6) is -0.228. The van der Waals surface area contributed by atoms with Crippen LogP contribution in [0, 0.1) is 0 Å². The van der Waals surface area contributed by atoms with Crippen LogP contribution in [0.15, 0.2) is 35.7 Å². The van der Waals surface area contributed by atoms with E-state index in [-0.39, 0.29) is 5.91 Å². The lowest BCUT2D eigenvalue weighted by molar-refractivity contribution is 0.0940. The van der Waals surface area contributed by atoms with Crippen LogP contribution in [0.2, 0.25) is 5.02 Å². The molecule has 0 spiro atoms. The van der Waals surface area contributed by atoms with Crippen molar-refractivity contribution in [2.75, 3.05) is 0 Å². The fourth-order valence-corrected chi connectivity index (χ4v) is 3.70. The van der Waals surface area contributed by atoms with Crippen molar-refractivity contribution in [1.29, 1.82) is 0 Å². The monoisotopic (exact) mass is 374 g/mol. The SMILES string of the molecule is CCc1nn(CC)c(C(=O)NCc2csc(-c3ccccc3)n2)c1Cl. The van der Waals surface area contributed by atoms with Gasteiger partial charge in [-0.3, -0.25) is 9.48 Å². The van der Waals surface area contributed by atoms with E-state index in [0.29, 0.717) is 30.2 Å². The van der Waals surface area contributed by atoms with Crippen LogP contribution in [0.1, 0.15) is 35.7 Å². The van der Waals surface area contributed by atoms with Gasteiger partial charge in [0.2, 0.25) is 0 Å². The lowest BCUT2D eigenvalue weighted by Gasteiger charge is -2.06. The van der Waals surface area contributed by atoms with E-state index in [0.717, 1.165) is 22.0 Å². The summed E-state index contributed by atoms with van der Waals surface area (Å²) >= 11 is 7.87. The largest absolute Gasteiger partial charge is 0.345 e. The summed E-state index contributed by atoms with van der Waals surface area (Å²) in [6, 6.07) is 9.98. The highest BCUT2D eigenvalue weighted by atomic mass is 35.5. The second-order valence-electron chi connectivity index (χ2n) is 5.47. The van der Waals surface area contributed by atoms with Gasteiger partial charge in [0, 0.05) is 17.5 Å². The number of aryl methyl sites for hydroxylation is 2. The van der Waals surface area contributed by atoms with Gasteiger partial charge < -0.3 is 5.32 Å². The van der Waals surface area contributed by atoms with E-state index in [9.17, 15) is 4.79 Å². The third-order valence-electron chi connectivity index (χ3n) is 3.81. The van der Waals surface area contributed by atoms with Crippen LogP contribution >= 0.6 is 22.9 Å². The lowest BCUT2D eigenvalue weighted by atomic mass is 10.2. The number of carbonyl (C=O) groups excluding carboxylic acids is 1. The summed E-state index contributed by atoms with van der Waals surface area (Å²) < 4.78 is 1.65. The van der Waals surface area contributed by atoms with Gasteiger partial charge in [0.15, 0.2) is 0 Å². The first-order chi connectivity index (χ1) is 12.1. The van der Waals surface area contributed by atoms with Crippen molar-refractivity contribution in [3.05, 3.63) is 57.8 Å². The number of aromatic nitrogens is 3. The number of amides is 1. The van der Waals surface area contributed by atoms with Gasteiger partial charge in [-0.15, -0.1) is 11.3 Å². The van der Waals surface area contributed by atoms with Gasteiger partial charge in [-0.2, -0.15) is 5.10 Å². The highest BCUT2D eigenvalue weighted by molar-refractivity contribution is 7.13. The number of hydrogen-bond donors (Lipinski definition) is 1. The first kappa shape index (κ1) is 17.6. The van der Waals surface area contributed by atoms with Crippen LogP contribution in [0.3, 0.4) is 0 Å². The van der Waals surface area contributed by atoms with Crippen LogP contribution in [0.4, 0.5) is 0 Å². The molecule has 0 aliphatic carbocycles. The van der Waals surface area contributed by atoms with E-state index in [1.54, 1.807) is 16.0 Å². The molecule has 1 amide bonds. The number of carbonyl (C=O) groups is 1. The Morgan fingerprint density at radius 3 is 2.72 bits per heavy atom. The van der Waals surface area contributed by atoms with E-state index < -0.39 is 0 Å². The number of benzene rings is 1. The first-order valence-corrected chi connectivity index (χ1v) is 9.43. The molecule has 7 heteroatoms. The number of halogens is 1. The molecule has 0 saturated heterocycles. The van der Waals surface area contributed by atoms with E-state index in [1.807, 2.05) is 49.6 Å². The summed E-state index contributed by atoms with van der Waals surface area (Å²) in [7, 11) is 0. The molecule has 1 aromatic carbocycles.